The normalized spacial score (nSPS) is 34.4. The van der Waals surface area contributed by atoms with Crippen molar-refractivity contribution in [1.29, 1.82) is 0 Å². The van der Waals surface area contributed by atoms with Crippen LogP contribution in [-0.4, -0.2) is 58.1 Å². The van der Waals surface area contributed by atoms with Gasteiger partial charge in [-0.1, -0.05) is 39.0 Å². The molecule has 5 atom stereocenters. The third-order valence-electron chi connectivity index (χ3n) is 4.16. The highest BCUT2D eigenvalue weighted by molar-refractivity contribution is 4.93. The molecule has 0 spiro atoms. The fourth-order valence-corrected chi connectivity index (χ4v) is 2.74. The van der Waals surface area contributed by atoms with Gasteiger partial charge in [-0.2, -0.15) is 0 Å². The lowest BCUT2D eigenvalue weighted by Crippen LogP contribution is -2.55. The van der Waals surface area contributed by atoms with Crippen LogP contribution in [0.2, 0.25) is 0 Å². The van der Waals surface area contributed by atoms with E-state index in [0.29, 0.717) is 13.0 Å². The van der Waals surface area contributed by atoms with Gasteiger partial charge < -0.3 is 25.2 Å². The van der Waals surface area contributed by atoms with Crippen LogP contribution in [0.4, 0.5) is 0 Å². The van der Waals surface area contributed by atoms with Gasteiger partial charge in [-0.15, -0.1) is 0 Å². The van der Waals surface area contributed by atoms with Gasteiger partial charge in [-0.3, -0.25) is 0 Å². The Morgan fingerprint density at radius 3 is 2.20 bits per heavy atom. The van der Waals surface area contributed by atoms with Gasteiger partial charge in [0.25, 0.3) is 0 Å². The minimum Gasteiger partial charge on any atom is -0.396 e. The van der Waals surface area contributed by atoms with E-state index in [4.69, 9.17) is 9.84 Å². The molecule has 0 aromatic rings. The molecule has 120 valence electrons. The van der Waals surface area contributed by atoms with E-state index in [1.54, 1.807) is 0 Å². The first-order chi connectivity index (χ1) is 9.61. The Bertz CT molecular complexity index is 246. The van der Waals surface area contributed by atoms with Crippen molar-refractivity contribution in [1.82, 2.24) is 0 Å². The van der Waals surface area contributed by atoms with Gasteiger partial charge in [0.15, 0.2) is 0 Å². The molecule has 4 N–H and O–H groups in total. The molecular formula is C15H30O5. The van der Waals surface area contributed by atoms with Gasteiger partial charge in [0.2, 0.25) is 0 Å². The number of unbranched alkanes of at least 4 members (excludes halogenated alkanes) is 5. The third-order valence-corrected chi connectivity index (χ3v) is 4.16. The summed E-state index contributed by atoms with van der Waals surface area (Å²) in [5.41, 5.74) is 0. The second-order valence-electron chi connectivity index (χ2n) is 5.83. The summed E-state index contributed by atoms with van der Waals surface area (Å²) < 4.78 is 5.62. The number of rotatable bonds is 9. The number of ether oxygens (including phenoxy) is 1. The highest BCUT2D eigenvalue weighted by Crippen LogP contribution is 2.27. The van der Waals surface area contributed by atoms with E-state index < -0.39 is 30.3 Å². The molecule has 0 radical (unpaired) electrons. The maximum Gasteiger partial charge on any atom is 0.109 e. The van der Waals surface area contributed by atoms with Gasteiger partial charge in [-0.05, 0) is 12.8 Å². The van der Waals surface area contributed by atoms with Crippen molar-refractivity contribution in [3.63, 3.8) is 0 Å². The Balaban J connectivity index is 2.21. The van der Waals surface area contributed by atoms with E-state index in [9.17, 15) is 15.3 Å². The van der Waals surface area contributed by atoms with Crippen molar-refractivity contribution in [2.75, 3.05) is 13.2 Å². The van der Waals surface area contributed by atoms with Crippen LogP contribution in [0.25, 0.3) is 0 Å². The van der Waals surface area contributed by atoms with Gasteiger partial charge in [0.1, 0.15) is 12.2 Å². The van der Waals surface area contributed by atoms with Crippen LogP contribution in [-0.2, 0) is 4.74 Å². The monoisotopic (exact) mass is 290 g/mol. The van der Waals surface area contributed by atoms with Crippen molar-refractivity contribution in [3.8, 4) is 0 Å². The largest absolute Gasteiger partial charge is 0.396 e. The van der Waals surface area contributed by atoms with Crippen molar-refractivity contribution >= 4 is 0 Å². The maximum atomic E-state index is 9.88. The Morgan fingerprint density at radius 2 is 1.55 bits per heavy atom. The molecule has 0 aromatic carbocycles. The van der Waals surface area contributed by atoms with E-state index in [0.717, 1.165) is 12.8 Å². The van der Waals surface area contributed by atoms with Gasteiger partial charge >= 0.3 is 0 Å². The molecule has 0 amide bonds. The van der Waals surface area contributed by atoms with Crippen LogP contribution in [0, 0.1) is 5.92 Å². The summed E-state index contributed by atoms with van der Waals surface area (Å²) in [6.45, 7) is 2.53. The molecule has 1 rings (SSSR count). The summed E-state index contributed by atoms with van der Waals surface area (Å²) in [5.74, 6) is -0.428. The van der Waals surface area contributed by atoms with Gasteiger partial charge in [-0.25, -0.2) is 0 Å². The topological polar surface area (TPSA) is 90.2 Å². The molecule has 0 heterocycles. The Hall–Kier alpha value is -0.200. The zero-order chi connectivity index (χ0) is 15.0. The summed E-state index contributed by atoms with van der Waals surface area (Å²) >= 11 is 0. The van der Waals surface area contributed by atoms with E-state index >= 15 is 0 Å². The fourth-order valence-electron chi connectivity index (χ4n) is 2.74. The van der Waals surface area contributed by atoms with Crippen molar-refractivity contribution < 1.29 is 25.2 Å². The standard InChI is InChI=1S/C15H30O5/c1-2-3-4-5-6-7-8-20-12-9-11(10-16)13(17)15(19)14(12)18/h11-19H,2-10H2,1H3/t11-,12-,13-,14+,15+/m1/s1. The lowest BCUT2D eigenvalue weighted by molar-refractivity contribution is -0.178. The van der Waals surface area contributed by atoms with Crippen LogP contribution in [0.1, 0.15) is 51.9 Å². The first kappa shape index (κ1) is 17.9. The Kier molecular flexibility index (Phi) is 8.64. The molecule has 5 heteroatoms. The summed E-state index contributed by atoms with van der Waals surface area (Å²) in [6.07, 6.45) is 3.48. The van der Waals surface area contributed by atoms with E-state index in [-0.39, 0.29) is 6.61 Å². The maximum absolute atomic E-state index is 9.88. The quantitative estimate of drug-likeness (QED) is 0.472. The smallest absolute Gasteiger partial charge is 0.109 e. The number of hydrogen-bond acceptors (Lipinski definition) is 5. The first-order valence-corrected chi connectivity index (χ1v) is 7.88. The van der Waals surface area contributed by atoms with Crippen molar-refractivity contribution in [2.45, 2.75) is 76.3 Å². The lowest BCUT2D eigenvalue weighted by Gasteiger charge is -2.39. The predicted molar refractivity (Wildman–Crippen MR) is 76.3 cm³/mol. The fraction of sp³-hybridized carbons (Fsp3) is 1.00. The highest BCUT2D eigenvalue weighted by Gasteiger charge is 2.42. The van der Waals surface area contributed by atoms with Crippen LogP contribution < -0.4 is 0 Å². The molecule has 0 saturated heterocycles. The molecule has 0 unspecified atom stereocenters. The molecule has 1 fully saturated rings. The zero-order valence-electron chi connectivity index (χ0n) is 12.4. The molecule has 0 bridgehead atoms. The summed E-state index contributed by atoms with van der Waals surface area (Å²) in [5, 5.41) is 38.5. The first-order valence-electron chi connectivity index (χ1n) is 7.88. The Morgan fingerprint density at radius 1 is 0.900 bits per heavy atom. The van der Waals surface area contributed by atoms with E-state index in [1.165, 1.54) is 25.7 Å². The summed E-state index contributed by atoms with van der Waals surface area (Å²) in [6, 6.07) is 0. The SMILES string of the molecule is CCCCCCCCO[C@@H]1C[C@H](CO)[C@@H](O)[C@H](O)[C@H]1O. The van der Waals surface area contributed by atoms with Crippen molar-refractivity contribution in [2.24, 2.45) is 5.92 Å². The van der Waals surface area contributed by atoms with Crippen LogP contribution >= 0.6 is 0 Å². The summed E-state index contributed by atoms with van der Waals surface area (Å²) in [7, 11) is 0. The number of aliphatic hydroxyl groups is 4. The molecule has 0 aliphatic heterocycles. The van der Waals surface area contributed by atoms with E-state index in [1.807, 2.05) is 0 Å². The number of hydrogen-bond donors (Lipinski definition) is 4. The zero-order valence-corrected chi connectivity index (χ0v) is 12.4. The molecular weight excluding hydrogens is 260 g/mol. The molecule has 0 aromatic heterocycles. The molecule has 5 nitrogen and oxygen atoms in total. The minimum absolute atomic E-state index is 0.207. The van der Waals surface area contributed by atoms with E-state index in [2.05, 4.69) is 6.92 Å². The average Bonchev–Trinajstić information content (AvgIpc) is 2.46. The van der Waals surface area contributed by atoms with Crippen molar-refractivity contribution in [3.05, 3.63) is 0 Å². The molecule has 1 saturated carbocycles. The molecule has 20 heavy (non-hydrogen) atoms. The summed E-state index contributed by atoms with van der Waals surface area (Å²) in [4.78, 5) is 0. The minimum atomic E-state index is -1.24. The second kappa shape index (κ2) is 9.68. The third kappa shape index (κ3) is 5.30. The van der Waals surface area contributed by atoms with Crippen LogP contribution in [0.5, 0.6) is 0 Å². The van der Waals surface area contributed by atoms with Crippen LogP contribution in [0.3, 0.4) is 0 Å². The van der Waals surface area contributed by atoms with Gasteiger partial charge in [0, 0.05) is 19.1 Å². The second-order valence-corrected chi connectivity index (χ2v) is 5.83. The molecule has 1 aliphatic carbocycles. The van der Waals surface area contributed by atoms with Gasteiger partial charge in [0.05, 0.1) is 12.2 Å². The Labute approximate surface area is 121 Å². The van der Waals surface area contributed by atoms with Crippen LogP contribution in [0.15, 0.2) is 0 Å². The lowest BCUT2D eigenvalue weighted by atomic mass is 9.81. The number of aliphatic hydroxyl groups excluding tert-OH is 4. The average molecular weight is 290 g/mol. The molecule has 1 aliphatic rings. The predicted octanol–water partition coefficient (Wildman–Crippen LogP) is 0.827. The highest BCUT2D eigenvalue weighted by atomic mass is 16.5.